The summed E-state index contributed by atoms with van der Waals surface area (Å²) in [7, 11) is 0. The number of ether oxygens (including phenoxy) is 1. The molecule has 0 aliphatic carbocycles. The van der Waals surface area contributed by atoms with Crippen molar-refractivity contribution in [3.8, 4) is 5.75 Å². The Hall–Kier alpha value is -2.24. The average molecular weight is 299 g/mol. The number of nitrogens with one attached hydrogen (secondary N) is 1. The van der Waals surface area contributed by atoms with Crippen LogP contribution in [0.5, 0.6) is 5.75 Å². The second-order valence-electron chi connectivity index (χ2n) is 4.41. The van der Waals surface area contributed by atoms with Crippen LogP contribution in [0.4, 0.5) is 23.2 Å². The van der Waals surface area contributed by atoms with Crippen LogP contribution < -0.4 is 10.1 Å². The standard InChI is InChI=1S/C15H13F4NO/c1-9(20-14-12(16)3-2-4-13(14)17)10-5-7-11(8-6-10)21-15(18)19/h2-9,15,20H,1H3. The molecule has 21 heavy (non-hydrogen) atoms. The Morgan fingerprint density at radius 1 is 0.952 bits per heavy atom. The lowest BCUT2D eigenvalue weighted by molar-refractivity contribution is -0.0498. The molecule has 2 rings (SSSR count). The number of alkyl halides is 2. The fourth-order valence-electron chi connectivity index (χ4n) is 1.87. The van der Waals surface area contributed by atoms with Gasteiger partial charge in [-0.15, -0.1) is 0 Å². The Balaban J connectivity index is 2.11. The van der Waals surface area contributed by atoms with Crippen LogP contribution in [0, 0.1) is 11.6 Å². The van der Waals surface area contributed by atoms with Gasteiger partial charge in [0.05, 0.1) is 0 Å². The van der Waals surface area contributed by atoms with Crippen molar-refractivity contribution in [2.45, 2.75) is 19.6 Å². The van der Waals surface area contributed by atoms with E-state index in [1.807, 2.05) is 0 Å². The molecule has 1 N–H and O–H groups in total. The van der Waals surface area contributed by atoms with Gasteiger partial charge in [0.2, 0.25) is 0 Å². The van der Waals surface area contributed by atoms with Crippen LogP contribution in [0.25, 0.3) is 0 Å². The van der Waals surface area contributed by atoms with E-state index in [0.29, 0.717) is 5.56 Å². The second kappa shape index (κ2) is 6.47. The van der Waals surface area contributed by atoms with E-state index in [1.165, 1.54) is 18.2 Å². The van der Waals surface area contributed by atoms with Gasteiger partial charge < -0.3 is 10.1 Å². The van der Waals surface area contributed by atoms with E-state index in [9.17, 15) is 17.6 Å². The van der Waals surface area contributed by atoms with Gasteiger partial charge in [-0.2, -0.15) is 8.78 Å². The molecule has 0 radical (unpaired) electrons. The summed E-state index contributed by atoms with van der Waals surface area (Å²) in [5, 5.41) is 2.72. The monoisotopic (exact) mass is 299 g/mol. The van der Waals surface area contributed by atoms with E-state index in [4.69, 9.17) is 0 Å². The first-order valence-electron chi connectivity index (χ1n) is 6.22. The molecule has 1 unspecified atom stereocenters. The summed E-state index contributed by atoms with van der Waals surface area (Å²) < 4.78 is 55.4. The molecule has 0 saturated carbocycles. The number of rotatable bonds is 5. The van der Waals surface area contributed by atoms with Crippen LogP contribution in [0.2, 0.25) is 0 Å². The first-order chi connectivity index (χ1) is 9.97. The van der Waals surface area contributed by atoms with Crippen molar-refractivity contribution in [3.05, 3.63) is 59.7 Å². The van der Waals surface area contributed by atoms with E-state index in [2.05, 4.69) is 10.1 Å². The molecule has 112 valence electrons. The molecule has 2 aromatic rings. The Morgan fingerprint density at radius 3 is 2.05 bits per heavy atom. The topological polar surface area (TPSA) is 21.3 Å². The van der Waals surface area contributed by atoms with Gasteiger partial charge in [0.15, 0.2) is 0 Å². The third kappa shape index (κ3) is 3.87. The minimum atomic E-state index is -2.89. The maximum atomic E-state index is 13.5. The Kier molecular flexibility index (Phi) is 4.67. The van der Waals surface area contributed by atoms with Crippen LogP contribution in [-0.2, 0) is 0 Å². The van der Waals surface area contributed by atoms with Gasteiger partial charge in [0.1, 0.15) is 23.1 Å². The lowest BCUT2D eigenvalue weighted by atomic mass is 10.1. The molecule has 0 spiro atoms. The highest BCUT2D eigenvalue weighted by Gasteiger charge is 2.13. The molecule has 0 heterocycles. The highest BCUT2D eigenvalue weighted by atomic mass is 19.3. The van der Waals surface area contributed by atoms with Gasteiger partial charge in [-0.25, -0.2) is 8.78 Å². The quantitative estimate of drug-likeness (QED) is 0.805. The maximum absolute atomic E-state index is 13.5. The molecular formula is C15H13F4NO. The minimum absolute atomic E-state index is 0.0259. The van der Waals surface area contributed by atoms with E-state index >= 15 is 0 Å². The van der Waals surface area contributed by atoms with Crippen molar-refractivity contribution < 1.29 is 22.3 Å². The lowest BCUT2D eigenvalue weighted by Gasteiger charge is -2.17. The van der Waals surface area contributed by atoms with Crippen molar-refractivity contribution in [1.82, 2.24) is 0 Å². The fourth-order valence-corrected chi connectivity index (χ4v) is 1.87. The SMILES string of the molecule is CC(Nc1c(F)cccc1F)c1ccc(OC(F)F)cc1. The molecule has 0 aliphatic heterocycles. The zero-order valence-electron chi connectivity index (χ0n) is 11.1. The zero-order valence-corrected chi connectivity index (χ0v) is 11.1. The van der Waals surface area contributed by atoms with E-state index in [1.54, 1.807) is 19.1 Å². The summed E-state index contributed by atoms with van der Waals surface area (Å²) in [6.45, 7) is -1.19. The molecular weight excluding hydrogens is 286 g/mol. The molecule has 2 nitrogen and oxygen atoms in total. The van der Waals surface area contributed by atoms with E-state index in [-0.39, 0.29) is 11.4 Å². The zero-order chi connectivity index (χ0) is 15.4. The molecule has 2 aromatic carbocycles. The summed E-state index contributed by atoms with van der Waals surface area (Å²) in [5.41, 5.74) is 0.456. The van der Waals surface area contributed by atoms with Crippen molar-refractivity contribution in [2.24, 2.45) is 0 Å². The van der Waals surface area contributed by atoms with Gasteiger partial charge in [0.25, 0.3) is 0 Å². The predicted molar refractivity (Wildman–Crippen MR) is 71.5 cm³/mol. The normalized spacial score (nSPS) is 12.3. The van der Waals surface area contributed by atoms with Crippen LogP contribution in [0.15, 0.2) is 42.5 Å². The number of anilines is 1. The fraction of sp³-hybridized carbons (Fsp3) is 0.200. The molecule has 6 heteroatoms. The molecule has 0 aromatic heterocycles. The predicted octanol–water partition coefficient (Wildman–Crippen LogP) is 4.74. The van der Waals surface area contributed by atoms with Crippen LogP contribution in [0.3, 0.4) is 0 Å². The lowest BCUT2D eigenvalue weighted by Crippen LogP contribution is -2.09. The van der Waals surface area contributed by atoms with Gasteiger partial charge in [-0.1, -0.05) is 18.2 Å². The van der Waals surface area contributed by atoms with E-state index in [0.717, 1.165) is 12.1 Å². The minimum Gasteiger partial charge on any atom is -0.435 e. The number of hydrogen-bond acceptors (Lipinski definition) is 2. The molecule has 0 fully saturated rings. The Labute approximate surface area is 119 Å². The Bertz CT molecular complexity index is 581. The molecule has 1 atom stereocenters. The summed E-state index contributed by atoms with van der Waals surface area (Å²) in [5.74, 6) is -1.36. The molecule has 0 aliphatic rings. The highest BCUT2D eigenvalue weighted by Crippen LogP contribution is 2.25. The van der Waals surface area contributed by atoms with Crippen LogP contribution in [0.1, 0.15) is 18.5 Å². The summed E-state index contributed by atoms with van der Waals surface area (Å²) in [4.78, 5) is 0. The third-order valence-corrected chi connectivity index (χ3v) is 2.93. The summed E-state index contributed by atoms with van der Waals surface area (Å²) >= 11 is 0. The van der Waals surface area contributed by atoms with E-state index < -0.39 is 24.3 Å². The van der Waals surface area contributed by atoms with Gasteiger partial charge >= 0.3 is 6.61 Å². The highest BCUT2D eigenvalue weighted by molar-refractivity contribution is 5.48. The van der Waals surface area contributed by atoms with Crippen molar-refractivity contribution in [2.75, 3.05) is 5.32 Å². The number of benzene rings is 2. The van der Waals surface area contributed by atoms with Crippen LogP contribution >= 0.6 is 0 Å². The largest absolute Gasteiger partial charge is 0.435 e. The summed E-state index contributed by atoms with van der Waals surface area (Å²) in [6.07, 6.45) is 0. The molecule has 0 amide bonds. The first-order valence-corrected chi connectivity index (χ1v) is 6.22. The molecule has 0 saturated heterocycles. The van der Waals surface area contributed by atoms with Crippen molar-refractivity contribution in [1.29, 1.82) is 0 Å². The van der Waals surface area contributed by atoms with Gasteiger partial charge in [0, 0.05) is 6.04 Å². The molecule has 0 bridgehead atoms. The maximum Gasteiger partial charge on any atom is 0.387 e. The number of para-hydroxylation sites is 1. The Morgan fingerprint density at radius 2 is 1.52 bits per heavy atom. The summed E-state index contributed by atoms with van der Waals surface area (Å²) in [6, 6.07) is 9.01. The van der Waals surface area contributed by atoms with Crippen LogP contribution in [-0.4, -0.2) is 6.61 Å². The van der Waals surface area contributed by atoms with Crippen molar-refractivity contribution in [3.63, 3.8) is 0 Å². The van der Waals surface area contributed by atoms with Gasteiger partial charge in [-0.05, 0) is 36.8 Å². The third-order valence-electron chi connectivity index (χ3n) is 2.93. The number of hydrogen-bond donors (Lipinski definition) is 1. The smallest absolute Gasteiger partial charge is 0.387 e. The average Bonchev–Trinajstić information content (AvgIpc) is 2.43. The second-order valence-corrected chi connectivity index (χ2v) is 4.41. The first kappa shape index (κ1) is 15.2. The van der Waals surface area contributed by atoms with Crippen molar-refractivity contribution >= 4 is 5.69 Å². The number of halogens is 4. The van der Waals surface area contributed by atoms with Gasteiger partial charge in [-0.3, -0.25) is 0 Å².